The maximum absolute atomic E-state index is 12.5. The fraction of sp³-hybridized carbons (Fsp3) is 0.263. The molecule has 0 aliphatic carbocycles. The van der Waals surface area contributed by atoms with Crippen LogP contribution in [0.2, 0.25) is 0 Å². The Labute approximate surface area is 157 Å². The second-order valence-corrected chi connectivity index (χ2v) is 7.31. The van der Waals surface area contributed by atoms with Crippen LogP contribution in [0.3, 0.4) is 0 Å². The Kier molecular flexibility index (Phi) is 6.01. The van der Waals surface area contributed by atoms with E-state index < -0.39 is 0 Å². The first-order valence-electron chi connectivity index (χ1n) is 8.45. The average molecular weight is 367 g/mol. The molecule has 6 nitrogen and oxygen atoms in total. The summed E-state index contributed by atoms with van der Waals surface area (Å²) in [6, 6.07) is 19.8. The van der Waals surface area contributed by atoms with E-state index in [-0.39, 0.29) is 17.2 Å². The Morgan fingerprint density at radius 2 is 1.73 bits per heavy atom. The topological polar surface area (TPSA) is 72.7 Å². The van der Waals surface area contributed by atoms with Gasteiger partial charge in [-0.25, -0.2) is 4.68 Å². The number of benzene rings is 2. The minimum absolute atomic E-state index is 0.0411. The molecule has 1 N–H and O–H groups in total. The van der Waals surface area contributed by atoms with Crippen molar-refractivity contribution in [3.05, 3.63) is 71.8 Å². The predicted molar refractivity (Wildman–Crippen MR) is 102 cm³/mol. The van der Waals surface area contributed by atoms with Gasteiger partial charge in [0.15, 0.2) is 0 Å². The van der Waals surface area contributed by atoms with Crippen molar-refractivity contribution in [2.75, 3.05) is 0 Å². The number of hydrogen-bond donors (Lipinski definition) is 1. The summed E-state index contributed by atoms with van der Waals surface area (Å²) in [4.78, 5) is 12.5. The van der Waals surface area contributed by atoms with E-state index >= 15 is 0 Å². The number of hydrogen-bond acceptors (Lipinski definition) is 5. The Morgan fingerprint density at radius 1 is 1.08 bits per heavy atom. The monoisotopic (exact) mass is 367 g/mol. The van der Waals surface area contributed by atoms with Gasteiger partial charge in [-0.15, -0.1) is 5.10 Å². The molecule has 0 radical (unpaired) electrons. The number of nitrogens with one attached hydrogen (secondary N) is 1. The number of tetrazole rings is 1. The molecule has 1 aromatic heterocycles. The second-order valence-electron chi connectivity index (χ2n) is 6.01. The summed E-state index contributed by atoms with van der Waals surface area (Å²) >= 11 is 1.36. The number of rotatable bonds is 7. The van der Waals surface area contributed by atoms with E-state index in [1.807, 2.05) is 74.5 Å². The Morgan fingerprint density at radius 3 is 2.42 bits per heavy atom. The van der Waals surface area contributed by atoms with Crippen LogP contribution in [0.15, 0.2) is 65.8 Å². The summed E-state index contributed by atoms with van der Waals surface area (Å²) in [5.41, 5.74) is 2.18. The van der Waals surface area contributed by atoms with Gasteiger partial charge in [-0.05, 0) is 35.4 Å². The molecule has 3 rings (SSSR count). The molecule has 1 heterocycles. The fourth-order valence-electron chi connectivity index (χ4n) is 2.50. The lowest BCUT2D eigenvalue weighted by molar-refractivity contribution is -0.120. The maximum Gasteiger partial charge on any atom is 0.233 e. The van der Waals surface area contributed by atoms with E-state index in [1.165, 1.54) is 11.8 Å². The van der Waals surface area contributed by atoms with Crippen LogP contribution in [0.1, 0.15) is 31.0 Å². The highest BCUT2D eigenvalue weighted by Crippen LogP contribution is 2.22. The van der Waals surface area contributed by atoms with Gasteiger partial charge >= 0.3 is 0 Å². The minimum atomic E-state index is -0.304. The molecular weight excluding hydrogens is 346 g/mol. The van der Waals surface area contributed by atoms with Crippen LogP contribution >= 0.6 is 11.8 Å². The van der Waals surface area contributed by atoms with Crippen LogP contribution in [0.4, 0.5) is 0 Å². The van der Waals surface area contributed by atoms with Crippen molar-refractivity contribution in [1.29, 1.82) is 0 Å². The van der Waals surface area contributed by atoms with Crippen molar-refractivity contribution in [2.24, 2.45) is 0 Å². The van der Waals surface area contributed by atoms with Gasteiger partial charge in [-0.2, -0.15) is 0 Å². The summed E-state index contributed by atoms with van der Waals surface area (Å²) in [5, 5.41) is 15.2. The lowest BCUT2D eigenvalue weighted by Crippen LogP contribution is -2.33. The standard InChI is InChI=1S/C19H21N5OS/c1-14(17-11-7-4-8-12-17)20-18(25)15(2)26-19-21-22-23-24(19)13-16-9-5-3-6-10-16/h3-12,14-15H,13H2,1-2H3,(H,20,25). The summed E-state index contributed by atoms with van der Waals surface area (Å²) in [6.45, 7) is 4.41. The molecule has 2 atom stereocenters. The van der Waals surface area contributed by atoms with Gasteiger partial charge in [0.1, 0.15) is 0 Å². The fourth-order valence-corrected chi connectivity index (χ4v) is 3.30. The molecule has 0 fully saturated rings. The number of thioether (sulfide) groups is 1. The Balaban J connectivity index is 1.60. The van der Waals surface area contributed by atoms with Crippen LogP contribution in [0.25, 0.3) is 0 Å². The van der Waals surface area contributed by atoms with Crippen LogP contribution < -0.4 is 5.32 Å². The van der Waals surface area contributed by atoms with Crippen molar-refractivity contribution < 1.29 is 4.79 Å². The molecule has 0 spiro atoms. The zero-order chi connectivity index (χ0) is 18.4. The van der Waals surface area contributed by atoms with E-state index in [0.717, 1.165) is 11.1 Å². The number of carbonyl (C=O) groups is 1. The quantitative estimate of drug-likeness (QED) is 0.650. The number of aromatic nitrogens is 4. The van der Waals surface area contributed by atoms with E-state index in [0.29, 0.717) is 11.7 Å². The van der Waals surface area contributed by atoms with E-state index in [1.54, 1.807) is 4.68 Å². The molecule has 0 saturated heterocycles. The van der Waals surface area contributed by atoms with Crippen molar-refractivity contribution in [1.82, 2.24) is 25.5 Å². The molecule has 7 heteroatoms. The molecule has 0 aliphatic heterocycles. The SMILES string of the molecule is CC(Sc1nnnn1Cc1ccccc1)C(=O)NC(C)c1ccccc1. The smallest absolute Gasteiger partial charge is 0.233 e. The van der Waals surface area contributed by atoms with Gasteiger partial charge in [0, 0.05) is 0 Å². The van der Waals surface area contributed by atoms with Gasteiger partial charge in [0.25, 0.3) is 0 Å². The van der Waals surface area contributed by atoms with Crippen molar-refractivity contribution in [2.45, 2.75) is 36.8 Å². The Bertz CT molecular complexity index is 837. The highest BCUT2D eigenvalue weighted by Gasteiger charge is 2.20. The first kappa shape index (κ1) is 18.1. The molecule has 134 valence electrons. The lowest BCUT2D eigenvalue weighted by Gasteiger charge is -2.17. The summed E-state index contributed by atoms with van der Waals surface area (Å²) in [5.74, 6) is -0.0411. The van der Waals surface area contributed by atoms with Gasteiger partial charge in [-0.1, -0.05) is 72.4 Å². The third-order valence-electron chi connectivity index (χ3n) is 3.98. The normalized spacial score (nSPS) is 13.2. The average Bonchev–Trinajstić information content (AvgIpc) is 3.09. The number of carbonyl (C=O) groups excluding carboxylic acids is 1. The second kappa shape index (κ2) is 8.62. The third kappa shape index (κ3) is 4.70. The third-order valence-corrected chi connectivity index (χ3v) is 5.05. The summed E-state index contributed by atoms with van der Waals surface area (Å²) < 4.78 is 1.71. The maximum atomic E-state index is 12.5. The molecule has 1 amide bonds. The van der Waals surface area contributed by atoms with E-state index in [2.05, 4.69) is 20.8 Å². The van der Waals surface area contributed by atoms with Crippen LogP contribution in [-0.4, -0.2) is 31.4 Å². The van der Waals surface area contributed by atoms with Crippen molar-refractivity contribution in [3.63, 3.8) is 0 Å². The molecule has 2 aromatic carbocycles. The van der Waals surface area contributed by atoms with E-state index in [9.17, 15) is 4.79 Å². The lowest BCUT2D eigenvalue weighted by atomic mass is 10.1. The first-order valence-corrected chi connectivity index (χ1v) is 9.33. The van der Waals surface area contributed by atoms with Crippen molar-refractivity contribution in [3.8, 4) is 0 Å². The number of amides is 1. The van der Waals surface area contributed by atoms with Gasteiger partial charge < -0.3 is 5.32 Å². The first-order chi connectivity index (χ1) is 12.6. The number of nitrogens with zero attached hydrogens (tertiary/aromatic N) is 4. The predicted octanol–water partition coefficient (Wildman–Crippen LogP) is 3.08. The van der Waals surface area contributed by atoms with Gasteiger partial charge in [0.2, 0.25) is 11.1 Å². The molecule has 2 unspecified atom stereocenters. The van der Waals surface area contributed by atoms with Crippen LogP contribution in [0.5, 0.6) is 0 Å². The minimum Gasteiger partial charge on any atom is -0.349 e. The van der Waals surface area contributed by atoms with Crippen molar-refractivity contribution >= 4 is 17.7 Å². The molecule has 0 saturated carbocycles. The van der Waals surface area contributed by atoms with Crippen LogP contribution in [0, 0.1) is 0 Å². The highest BCUT2D eigenvalue weighted by atomic mass is 32.2. The summed E-state index contributed by atoms with van der Waals surface area (Å²) in [6.07, 6.45) is 0. The zero-order valence-corrected chi connectivity index (χ0v) is 15.6. The van der Waals surface area contributed by atoms with E-state index in [4.69, 9.17) is 0 Å². The molecule has 26 heavy (non-hydrogen) atoms. The summed E-state index contributed by atoms with van der Waals surface area (Å²) in [7, 11) is 0. The molecule has 0 bridgehead atoms. The van der Waals surface area contributed by atoms with Gasteiger partial charge in [0.05, 0.1) is 17.8 Å². The molecule has 3 aromatic rings. The highest BCUT2D eigenvalue weighted by molar-refractivity contribution is 8.00. The Hall–Kier alpha value is -2.67. The van der Waals surface area contributed by atoms with Gasteiger partial charge in [-0.3, -0.25) is 4.79 Å². The van der Waals surface area contributed by atoms with Crippen LogP contribution in [-0.2, 0) is 11.3 Å². The largest absolute Gasteiger partial charge is 0.349 e. The molecule has 0 aliphatic rings. The molecular formula is C19H21N5OS. The zero-order valence-electron chi connectivity index (χ0n) is 14.7.